The van der Waals surface area contributed by atoms with Crippen molar-refractivity contribution in [3.8, 4) is 5.75 Å². The molecule has 0 spiro atoms. The molecular formula is C30H21Cl2NO. The fourth-order valence-electron chi connectivity index (χ4n) is 4.82. The van der Waals surface area contributed by atoms with Crippen molar-refractivity contribution in [3.05, 3.63) is 142 Å². The van der Waals surface area contributed by atoms with Crippen molar-refractivity contribution >= 4 is 39.7 Å². The zero-order valence-electron chi connectivity index (χ0n) is 18.2. The van der Waals surface area contributed by atoms with Gasteiger partial charge >= 0.3 is 0 Å². The summed E-state index contributed by atoms with van der Waals surface area (Å²) < 4.78 is 6.77. The third-order valence-corrected chi connectivity index (χ3v) is 6.87. The monoisotopic (exact) mass is 481 g/mol. The lowest BCUT2D eigenvalue weighted by molar-refractivity contribution is 0.170. The molecule has 4 heteroatoms. The van der Waals surface area contributed by atoms with E-state index in [1.807, 2.05) is 42.5 Å². The molecule has 0 saturated heterocycles. The average molecular weight is 482 g/mol. The van der Waals surface area contributed by atoms with Gasteiger partial charge in [0, 0.05) is 26.9 Å². The summed E-state index contributed by atoms with van der Waals surface area (Å²) in [4.78, 5) is 2.35. The van der Waals surface area contributed by atoms with E-state index in [0.717, 1.165) is 33.1 Å². The number of halogens is 2. The lowest BCUT2D eigenvalue weighted by atomic mass is 9.89. The van der Waals surface area contributed by atoms with Crippen molar-refractivity contribution < 1.29 is 4.74 Å². The molecule has 1 heterocycles. The van der Waals surface area contributed by atoms with E-state index in [1.165, 1.54) is 10.8 Å². The summed E-state index contributed by atoms with van der Waals surface area (Å²) in [6.07, 6.45) is -0.339. The Hall–Kier alpha value is -3.46. The molecule has 2 nitrogen and oxygen atoms in total. The Kier molecular flexibility index (Phi) is 5.41. The van der Waals surface area contributed by atoms with Crippen LogP contribution in [-0.4, -0.2) is 0 Å². The molecule has 0 fully saturated rings. The van der Waals surface area contributed by atoms with Gasteiger partial charge in [0.1, 0.15) is 5.75 Å². The average Bonchev–Trinajstić information content (AvgIpc) is 2.89. The maximum absolute atomic E-state index is 6.77. The smallest absolute Gasteiger partial charge is 0.199 e. The lowest BCUT2D eigenvalue weighted by Crippen LogP contribution is -2.40. The van der Waals surface area contributed by atoms with Crippen LogP contribution in [0.5, 0.6) is 5.75 Å². The molecule has 166 valence electrons. The summed E-state index contributed by atoms with van der Waals surface area (Å²) in [5.41, 5.74) is 4.40. The first-order chi connectivity index (χ1) is 16.7. The molecule has 5 aromatic carbocycles. The Balaban J connectivity index is 1.66. The van der Waals surface area contributed by atoms with E-state index in [2.05, 4.69) is 77.7 Å². The van der Waals surface area contributed by atoms with Crippen LogP contribution in [0.3, 0.4) is 0 Å². The van der Waals surface area contributed by atoms with Gasteiger partial charge in [-0.25, -0.2) is 0 Å². The first kappa shape index (κ1) is 21.1. The zero-order chi connectivity index (χ0) is 23.1. The minimum Gasteiger partial charge on any atom is -0.466 e. The number of anilines is 1. The van der Waals surface area contributed by atoms with E-state index in [1.54, 1.807) is 0 Å². The van der Waals surface area contributed by atoms with Crippen LogP contribution in [0, 0.1) is 0 Å². The van der Waals surface area contributed by atoms with Gasteiger partial charge < -0.3 is 9.64 Å². The van der Waals surface area contributed by atoms with Crippen LogP contribution in [-0.2, 0) is 0 Å². The Morgan fingerprint density at radius 1 is 0.588 bits per heavy atom. The number of ether oxygens (including phenoxy) is 1. The Bertz CT molecular complexity index is 1450. The molecule has 0 bridgehead atoms. The number of hydrogen-bond acceptors (Lipinski definition) is 2. The molecule has 0 unspecified atom stereocenters. The molecule has 0 saturated carbocycles. The summed E-state index contributed by atoms with van der Waals surface area (Å²) in [5, 5.41) is 3.78. The Morgan fingerprint density at radius 2 is 1.21 bits per heavy atom. The quantitative estimate of drug-likeness (QED) is 0.255. The minimum atomic E-state index is -0.339. The predicted molar refractivity (Wildman–Crippen MR) is 141 cm³/mol. The molecule has 0 amide bonds. The Labute approximate surface area is 208 Å². The standard InChI is InChI=1S/C30H21Cl2NO/c31-23-15-10-21(11-16-23)29-28-26-9-5-4-6-20(26)14-19-27(28)34-30(22-12-17-24(32)18-13-22)33(29)25-7-2-1-3-8-25/h1-19,29-30H/t29-,30+/m1/s1. The number of benzene rings is 5. The van der Waals surface area contributed by atoms with Gasteiger partial charge in [-0.15, -0.1) is 0 Å². The van der Waals surface area contributed by atoms with Crippen molar-refractivity contribution in [2.45, 2.75) is 12.3 Å². The van der Waals surface area contributed by atoms with Crippen molar-refractivity contribution in [1.82, 2.24) is 0 Å². The molecule has 34 heavy (non-hydrogen) atoms. The molecule has 6 rings (SSSR count). The van der Waals surface area contributed by atoms with E-state index < -0.39 is 0 Å². The summed E-state index contributed by atoms with van der Waals surface area (Å²) in [5.74, 6) is 0.880. The fourth-order valence-corrected chi connectivity index (χ4v) is 5.08. The van der Waals surface area contributed by atoms with Crippen molar-refractivity contribution in [1.29, 1.82) is 0 Å². The van der Waals surface area contributed by atoms with Crippen LogP contribution in [0.1, 0.15) is 29.0 Å². The maximum atomic E-state index is 6.77. The number of nitrogens with zero attached hydrogens (tertiary/aromatic N) is 1. The molecule has 2 atom stereocenters. The highest BCUT2D eigenvalue weighted by Crippen LogP contribution is 2.50. The van der Waals surface area contributed by atoms with Gasteiger partial charge in [0.25, 0.3) is 0 Å². The molecule has 0 radical (unpaired) electrons. The van der Waals surface area contributed by atoms with E-state index in [9.17, 15) is 0 Å². The fraction of sp³-hybridized carbons (Fsp3) is 0.0667. The highest BCUT2D eigenvalue weighted by Gasteiger charge is 2.39. The molecular weight excluding hydrogens is 461 g/mol. The first-order valence-electron chi connectivity index (χ1n) is 11.2. The van der Waals surface area contributed by atoms with Gasteiger partial charge in [-0.1, -0.05) is 96.0 Å². The summed E-state index contributed by atoms with van der Waals surface area (Å²) in [7, 11) is 0. The minimum absolute atomic E-state index is 0.0878. The molecule has 1 aliphatic heterocycles. The van der Waals surface area contributed by atoms with E-state index >= 15 is 0 Å². The zero-order valence-corrected chi connectivity index (χ0v) is 19.7. The second-order valence-electron chi connectivity index (χ2n) is 8.42. The van der Waals surface area contributed by atoms with Crippen LogP contribution in [0.2, 0.25) is 10.0 Å². The molecule has 5 aromatic rings. The second-order valence-corrected chi connectivity index (χ2v) is 9.29. The molecule has 0 aromatic heterocycles. The van der Waals surface area contributed by atoms with Gasteiger partial charge in [0.05, 0.1) is 6.04 Å². The largest absolute Gasteiger partial charge is 0.466 e. The van der Waals surface area contributed by atoms with Gasteiger partial charge in [-0.2, -0.15) is 0 Å². The van der Waals surface area contributed by atoms with Crippen molar-refractivity contribution in [2.24, 2.45) is 0 Å². The lowest BCUT2D eigenvalue weighted by Gasteiger charge is -2.45. The molecule has 1 aliphatic rings. The van der Waals surface area contributed by atoms with Gasteiger partial charge in [0.15, 0.2) is 6.23 Å². The first-order valence-corrected chi connectivity index (χ1v) is 12.0. The highest BCUT2D eigenvalue weighted by molar-refractivity contribution is 6.30. The normalized spacial score (nSPS) is 17.3. The van der Waals surface area contributed by atoms with Gasteiger partial charge in [-0.3, -0.25) is 0 Å². The summed E-state index contributed by atoms with van der Waals surface area (Å²) in [6.45, 7) is 0. The SMILES string of the molecule is Clc1ccc([C@@H]2c3c(ccc4ccccc34)O[C@@H](c3ccc(Cl)cc3)N2c2ccccc2)cc1. The van der Waals surface area contributed by atoms with Gasteiger partial charge in [-0.05, 0) is 58.8 Å². The summed E-state index contributed by atoms with van der Waals surface area (Å²) >= 11 is 12.5. The van der Waals surface area contributed by atoms with E-state index in [-0.39, 0.29) is 12.3 Å². The number of para-hydroxylation sites is 1. The maximum Gasteiger partial charge on any atom is 0.199 e. The number of hydrogen-bond donors (Lipinski definition) is 0. The van der Waals surface area contributed by atoms with Crippen LogP contribution in [0.4, 0.5) is 5.69 Å². The highest BCUT2D eigenvalue weighted by atomic mass is 35.5. The number of fused-ring (bicyclic) bond motifs is 3. The third kappa shape index (κ3) is 3.69. The van der Waals surface area contributed by atoms with Crippen LogP contribution < -0.4 is 9.64 Å². The topological polar surface area (TPSA) is 12.5 Å². The van der Waals surface area contributed by atoms with Crippen LogP contribution >= 0.6 is 23.2 Å². The van der Waals surface area contributed by atoms with E-state index in [4.69, 9.17) is 27.9 Å². The van der Waals surface area contributed by atoms with Gasteiger partial charge in [0.2, 0.25) is 0 Å². The molecule has 0 aliphatic carbocycles. The summed E-state index contributed by atoms with van der Waals surface area (Å²) in [6, 6.07) is 39.0. The number of rotatable bonds is 3. The molecule has 0 N–H and O–H groups in total. The second kappa shape index (κ2) is 8.72. The van der Waals surface area contributed by atoms with Crippen LogP contribution in [0.25, 0.3) is 10.8 Å². The Morgan fingerprint density at radius 3 is 1.91 bits per heavy atom. The predicted octanol–water partition coefficient (Wildman–Crippen LogP) is 8.83. The third-order valence-electron chi connectivity index (χ3n) is 6.37. The van der Waals surface area contributed by atoms with Crippen LogP contribution in [0.15, 0.2) is 115 Å². The van der Waals surface area contributed by atoms with Crippen molar-refractivity contribution in [2.75, 3.05) is 4.90 Å². The van der Waals surface area contributed by atoms with Crippen molar-refractivity contribution in [3.63, 3.8) is 0 Å². The van der Waals surface area contributed by atoms with E-state index in [0.29, 0.717) is 5.02 Å².